The van der Waals surface area contributed by atoms with E-state index in [1.807, 2.05) is 42.6 Å². The van der Waals surface area contributed by atoms with Gasteiger partial charge in [0.15, 0.2) is 0 Å². The lowest BCUT2D eigenvalue weighted by atomic mass is 10.1. The van der Waals surface area contributed by atoms with Gasteiger partial charge in [0, 0.05) is 28.1 Å². The molecule has 0 radical (unpaired) electrons. The standard InChI is InChI=1S/C19H19BrN2O2/c20-15-4-3-5-16(12-15)24-11-9-19(23)21-10-8-14-13-22-18-7-2-1-6-17(14)18/h1-7,12-13,22H,8-11H2,(H,21,23). The molecule has 0 saturated heterocycles. The predicted octanol–water partition coefficient (Wildman–Crippen LogP) is 4.06. The summed E-state index contributed by atoms with van der Waals surface area (Å²) in [4.78, 5) is 15.1. The molecule has 5 heteroatoms. The van der Waals surface area contributed by atoms with E-state index in [1.165, 1.54) is 10.9 Å². The van der Waals surface area contributed by atoms with Gasteiger partial charge in [-0.05, 0) is 36.2 Å². The monoisotopic (exact) mass is 386 g/mol. The lowest BCUT2D eigenvalue weighted by molar-refractivity contribution is -0.121. The number of ether oxygens (including phenoxy) is 1. The molecular formula is C19H19BrN2O2. The van der Waals surface area contributed by atoms with E-state index in [1.54, 1.807) is 0 Å². The van der Waals surface area contributed by atoms with Gasteiger partial charge in [0.2, 0.25) is 5.91 Å². The summed E-state index contributed by atoms with van der Waals surface area (Å²) < 4.78 is 6.53. The highest BCUT2D eigenvalue weighted by atomic mass is 79.9. The van der Waals surface area contributed by atoms with E-state index in [0.29, 0.717) is 19.6 Å². The number of H-pyrrole nitrogens is 1. The summed E-state index contributed by atoms with van der Waals surface area (Å²) in [6.45, 7) is 0.993. The Morgan fingerprint density at radius 2 is 2.04 bits per heavy atom. The molecule has 0 aliphatic carbocycles. The molecule has 24 heavy (non-hydrogen) atoms. The van der Waals surface area contributed by atoms with Crippen molar-refractivity contribution in [3.8, 4) is 5.75 Å². The van der Waals surface area contributed by atoms with Crippen molar-refractivity contribution in [1.29, 1.82) is 0 Å². The van der Waals surface area contributed by atoms with E-state index in [0.717, 1.165) is 22.2 Å². The number of fused-ring (bicyclic) bond motifs is 1. The van der Waals surface area contributed by atoms with Crippen LogP contribution in [0.15, 0.2) is 59.2 Å². The number of carbonyl (C=O) groups excluding carboxylic acids is 1. The third-order valence-electron chi connectivity index (χ3n) is 3.79. The summed E-state index contributed by atoms with van der Waals surface area (Å²) in [5, 5.41) is 4.15. The number of rotatable bonds is 7. The van der Waals surface area contributed by atoms with Crippen molar-refractivity contribution in [2.75, 3.05) is 13.2 Å². The van der Waals surface area contributed by atoms with Gasteiger partial charge in [0.05, 0.1) is 13.0 Å². The second kappa shape index (κ2) is 8.02. The van der Waals surface area contributed by atoms with Gasteiger partial charge < -0.3 is 15.0 Å². The molecule has 0 aliphatic rings. The average molecular weight is 387 g/mol. The van der Waals surface area contributed by atoms with Crippen molar-refractivity contribution in [2.45, 2.75) is 12.8 Å². The van der Waals surface area contributed by atoms with Crippen LogP contribution in [0.2, 0.25) is 0 Å². The van der Waals surface area contributed by atoms with Crippen LogP contribution in [-0.4, -0.2) is 24.0 Å². The summed E-state index contributed by atoms with van der Waals surface area (Å²) in [5.41, 5.74) is 2.34. The van der Waals surface area contributed by atoms with Crippen molar-refractivity contribution < 1.29 is 9.53 Å². The number of nitrogens with one attached hydrogen (secondary N) is 2. The zero-order valence-corrected chi connectivity index (χ0v) is 14.8. The topological polar surface area (TPSA) is 54.1 Å². The predicted molar refractivity (Wildman–Crippen MR) is 99.3 cm³/mol. The molecule has 1 heterocycles. The zero-order chi connectivity index (χ0) is 16.8. The van der Waals surface area contributed by atoms with Crippen molar-refractivity contribution in [1.82, 2.24) is 10.3 Å². The normalized spacial score (nSPS) is 10.7. The molecule has 0 aliphatic heterocycles. The number of hydrogen-bond acceptors (Lipinski definition) is 2. The van der Waals surface area contributed by atoms with Gasteiger partial charge in [0.25, 0.3) is 0 Å². The fraction of sp³-hybridized carbons (Fsp3) is 0.211. The molecule has 0 fully saturated rings. The van der Waals surface area contributed by atoms with Crippen molar-refractivity contribution in [3.05, 3.63) is 64.8 Å². The Balaban J connectivity index is 1.40. The molecule has 124 valence electrons. The summed E-state index contributed by atoms with van der Waals surface area (Å²) in [7, 11) is 0. The van der Waals surface area contributed by atoms with Crippen LogP contribution in [0.4, 0.5) is 0 Å². The lowest BCUT2D eigenvalue weighted by Crippen LogP contribution is -2.27. The van der Waals surface area contributed by atoms with Crippen LogP contribution in [0.25, 0.3) is 10.9 Å². The Kier molecular flexibility index (Phi) is 5.54. The Labute approximate surface area is 149 Å². The largest absolute Gasteiger partial charge is 0.493 e. The molecule has 0 atom stereocenters. The maximum Gasteiger partial charge on any atom is 0.223 e. The number of aromatic amines is 1. The molecule has 0 bridgehead atoms. The summed E-state index contributed by atoms with van der Waals surface area (Å²) in [6, 6.07) is 15.8. The highest BCUT2D eigenvalue weighted by molar-refractivity contribution is 9.10. The molecule has 1 aromatic heterocycles. The van der Waals surface area contributed by atoms with Gasteiger partial charge >= 0.3 is 0 Å². The first-order valence-corrected chi connectivity index (χ1v) is 8.72. The lowest BCUT2D eigenvalue weighted by Gasteiger charge is -2.07. The number of benzene rings is 2. The minimum atomic E-state index is 0.00448. The summed E-state index contributed by atoms with van der Waals surface area (Å²) >= 11 is 3.39. The van der Waals surface area contributed by atoms with Crippen LogP contribution in [-0.2, 0) is 11.2 Å². The molecule has 1 amide bonds. The second-order valence-corrected chi connectivity index (χ2v) is 6.43. The van der Waals surface area contributed by atoms with Gasteiger partial charge in [-0.15, -0.1) is 0 Å². The van der Waals surface area contributed by atoms with E-state index in [4.69, 9.17) is 4.74 Å². The smallest absolute Gasteiger partial charge is 0.223 e. The molecule has 0 spiro atoms. The number of amides is 1. The van der Waals surface area contributed by atoms with Crippen molar-refractivity contribution >= 4 is 32.7 Å². The fourth-order valence-electron chi connectivity index (χ4n) is 2.58. The number of para-hydroxylation sites is 1. The molecule has 2 N–H and O–H groups in total. The van der Waals surface area contributed by atoms with Crippen LogP contribution in [0.1, 0.15) is 12.0 Å². The Hall–Kier alpha value is -2.27. The van der Waals surface area contributed by atoms with Gasteiger partial charge in [-0.2, -0.15) is 0 Å². The first-order chi connectivity index (χ1) is 11.7. The van der Waals surface area contributed by atoms with Crippen LogP contribution in [0, 0.1) is 0 Å². The first-order valence-electron chi connectivity index (χ1n) is 7.92. The van der Waals surface area contributed by atoms with E-state index < -0.39 is 0 Å². The van der Waals surface area contributed by atoms with Gasteiger partial charge in [-0.3, -0.25) is 4.79 Å². The van der Waals surface area contributed by atoms with Crippen LogP contribution >= 0.6 is 15.9 Å². The summed E-state index contributed by atoms with van der Waals surface area (Å²) in [5.74, 6) is 0.765. The van der Waals surface area contributed by atoms with Gasteiger partial charge in [-0.1, -0.05) is 40.2 Å². The average Bonchev–Trinajstić information content (AvgIpc) is 2.98. The van der Waals surface area contributed by atoms with E-state index in [2.05, 4.69) is 38.4 Å². The molecule has 0 saturated carbocycles. The molecular weight excluding hydrogens is 368 g/mol. The van der Waals surface area contributed by atoms with Crippen molar-refractivity contribution in [2.24, 2.45) is 0 Å². The van der Waals surface area contributed by atoms with E-state index in [9.17, 15) is 4.79 Å². The Bertz CT molecular complexity index is 829. The molecule has 3 rings (SSSR count). The van der Waals surface area contributed by atoms with E-state index >= 15 is 0 Å². The Morgan fingerprint density at radius 3 is 2.92 bits per heavy atom. The highest BCUT2D eigenvalue weighted by Crippen LogP contribution is 2.18. The maximum absolute atomic E-state index is 11.9. The van der Waals surface area contributed by atoms with E-state index in [-0.39, 0.29) is 5.91 Å². The molecule has 4 nitrogen and oxygen atoms in total. The second-order valence-electron chi connectivity index (χ2n) is 5.52. The minimum absolute atomic E-state index is 0.00448. The number of hydrogen-bond donors (Lipinski definition) is 2. The zero-order valence-electron chi connectivity index (χ0n) is 13.2. The Morgan fingerprint density at radius 1 is 1.17 bits per heavy atom. The number of aromatic nitrogens is 1. The third-order valence-corrected chi connectivity index (χ3v) is 4.28. The van der Waals surface area contributed by atoms with Crippen LogP contribution in [0.3, 0.4) is 0 Å². The molecule has 3 aromatic rings. The van der Waals surface area contributed by atoms with Crippen LogP contribution < -0.4 is 10.1 Å². The number of halogens is 1. The number of carbonyl (C=O) groups is 1. The summed E-state index contributed by atoms with van der Waals surface area (Å²) in [6.07, 6.45) is 3.16. The van der Waals surface area contributed by atoms with Gasteiger partial charge in [-0.25, -0.2) is 0 Å². The quantitative estimate of drug-likeness (QED) is 0.643. The molecule has 2 aromatic carbocycles. The SMILES string of the molecule is O=C(CCOc1cccc(Br)c1)NCCc1c[nH]c2ccccc12. The van der Waals surface area contributed by atoms with Gasteiger partial charge in [0.1, 0.15) is 5.75 Å². The fourth-order valence-corrected chi connectivity index (χ4v) is 2.96. The first kappa shape index (κ1) is 16.6. The van der Waals surface area contributed by atoms with Crippen molar-refractivity contribution in [3.63, 3.8) is 0 Å². The highest BCUT2D eigenvalue weighted by Gasteiger charge is 2.05. The molecule has 0 unspecified atom stereocenters. The maximum atomic E-state index is 11.9. The van der Waals surface area contributed by atoms with Crippen LogP contribution in [0.5, 0.6) is 5.75 Å². The minimum Gasteiger partial charge on any atom is -0.493 e. The third kappa shape index (κ3) is 4.38.